The van der Waals surface area contributed by atoms with Crippen molar-refractivity contribution in [3.8, 4) is 0 Å². The number of nitrogens with zero attached hydrogens (tertiary/aromatic N) is 2. The van der Waals surface area contributed by atoms with Crippen molar-refractivity contribution in [2.24, 2.45) is 0 Å². The zero-order valence-electron chi connectivity index (χ0n) is 11.3. The molecule has 2 aromatic rings. The van der Waals surface area contributed by atoms with Gasteiger partial charge in [0.25, 0.3) is 0 Å². The third-order valence-corrected chi connectivity index (χ3v) is 4.13. The van der Waals surface area contributed by atoms with Crippen molar-refractivity contribution in [3.63, 3.8) is 0 Å². The molecule has 0 saturated carbocycles. The van der Waals surface area contributed by atoms with Crippen molar-refractivity contribution in [2.45, 2.75) is 12.6 Å². The Hall–Kier alpha value is -1.23. The number of benzene rings is 1. The fourth-order valence-corrected chi connectivity index (χ4v) is 2.86. The normalized spacial score (nSPS) is 19.9. The summed E-state index contributed by atoms with van der Waals surface area (Å²) in [6, 6.07) is 15.2. The second kappa shape index (κ2) is 6.48. The molecule has 3 rings (SSSR count). The standard InChI is InChI=1S/C16H18BrN3/c17-16-7-6-13(10-19-16)11-20-9-8-18-15(12-20)14-4-2-1-3-5-14/h1-7,10,15,18H,8-9,11-12H2. The van der Waals surface area contributed by atoms with Crippen LogP contribution in [0.3, 0.4) is 0 Å². The molecule has 20 heavy (non-hydrogen) atoms. The van der Waals surface area contributed by atoms with E-state index in [-0.39, 0.29) is 0 Å². The van der Waals surface area contributed by atoms with Crippen LogP contribution in [0.15, 0.2) is 53.3 Å². The predicted molar refractivity (Wildman–Crippen MR) is 84.4 cm³/mol. The van der Waals surface area contributed by atoms with Crippen molar-refractivity contribution in [1.82, 2.24) is 15.2 Å². The Balaban J connectivity index is 1.65. The SMILES string of the molecule is Brc1ccc(CN2CCNC(c3ccccc3)C2)cn1. The Morgan fingerprint density at radius 3 is 2.80 bits per heavy atom. The lowest BCUT2D eigenvalue weighted by molar-refractivity contribution is 0.193. The zero-order chi connectivity index (χ0) is 13.8. The number of hydrogen-bond donors (Lipinski definition) is 1. The van der Waals surface area contributed by atoms with Crippen LogP contribution in [0.2, 0.25) is 0 Å². The van der Waals surface area contributed by atoms with Crippen LogP contribution in [0.25, 0.3) is 0 Å². The Labute approximate surface area is 128 Å². The van der Waals surface area contributed by atoms with Crippen molar-refractivity contribution in [1.29, 1.82) is 0 Å². The highest BCUT2D eigenvalue weighted by molar-refractivity contribution is 9.10. The minimum absolute atomic E-state index is 0.424. The summed E-state index contributed by atoms with van der Waals surface area (Å²) in [4.78, 5) is 6.78. The van der Waals surface area contributed by atoms with Gasteiger partial charge in [-0.1, -0.05) is 36.4 Å². The number of aromatic nitrogens is 1. The first-order valence-electron chi connectivity index (χ1n) is 6.92. The van der Waals surface area contributed by atoms with Crippen LogP contribution in [-0.2, 0) is 6.54 Å². The Kier molecular flexibility index (Phi) is 4.45. The summed E-state index contributed by atoms with van der Waals surface area (Å²) < 4.78 is 0.892. The van der Waals surface area contributed by atoms with Gasteiger partial charge in [-0.25, -0.2) is 4.98 Å². The molecule has 0 spiro atoms. The molecule has 1 N–H and O–H groups in total. The van der Waals surface area contributed by atoms with Gasteiger partial charge in [0, 0.05) is 38.4 Å². The van der Waals surface area contributed by atoms with Crippen molar-refractivity contribution in [3.05, 3.63) is 64.4 Å². The molecule has 1 atom stereocenters. The number of halogens is 1. The van der Waals surface area contributed by atoms with Gasteiger partial charge in [-0.2, -0.15) is 0 Å². The summed E-state index contributed by atoms with van der Waals surface area (Å²) in [6.45, 7) is 4.12. The number of rotatable bonds is 3. The lowest BCUT2D eigenvalue weighted by atomic mass is 10.0. The monoisotopic (exact) mass is 331 g/mol. The molecule has 0 aliphatic carbocycles. The van der Waals surface area contributed by atoms with Gasteiger partial charge in [0.05, 0.1) is 0 Å². The van der Waals surface area contributed by atoms with E-state index >= 15 is 0 Å². The average molecular weight is 332 g/mol. The Morgan fingerprint density at radius 2 is 2.05 bits per heavy atom. The molecule has 2 heterocycles. The number of piperazine rings is 1. The van der Waals surface area contributed by atoms with E-state index in [0.29, 0.717) is 6.04 Å². The van der Waals surface area contributed by atoms with Gasteiger partial charge in [-0.3, -0.25) is 4.90 Å². The molecule has 0 radical (unpaired) electrons. The number of pyridine rings is 1. The zero-order valence-corrected chi connectivity index (χ0v) is 12.9. The van der Waals surface area contributed by atoms with Crippen molar-refractivity contribution in [2.75, 3.05) is 19.6 Å². The highest BCUT2D eigenvalue weighted by Crippen LogP contribution is 2.18. The third-order valence-electron chi connectivity index (χ3n) is 3.66. The van der Waals surface area contributed by atoms with Crippen molar-refractivity contribution >= 4 is 15.9 Å². The summed E-state index contributed by atoms with van der Waals surface area (Å²) in [5.41, 5.74) is 2.63. The second-order valence-corrected chi connectivity index (χ2v) is 5.95. The maximum atomic E-state index is 4.30. The quantitative estimate of drug-likeness (QED) is 0.876. The highest BCUT2D eigenvalue weighted by Gasteiger charge is 2.20. The summed E-state index contributed by atoms with van der Waals surface area (Å²) >= 11 is 3.38. The molecule has 104 valence electrons. The topological polar surface area (TPSA) is 28.2 Å². The molecule has 1 unspecified atom stereocenters. The van der Waals surface area contributed by atoms with E-state index in [1.165, 1.54) is 11.1 Å². The highest BCUT2D eigenvalue weighted by atomic mass is 79.9. The van der Waals surface area contributed by atoms with E-state index in [1.807, 2.05) is 12.3 Å². The van der Waals surface area contributed by atoms with E-state index < -0.39 is 0 Å². The first-order valence-corrected chi connectivity index (χ1v) is 7.72. The number of hydrogen-bond acceptors (Lipinski definition) is 3. The molecule has 0 amide bonds. The molecule has 1 aromatic heterocycles. The lowest BCUT2D eigenvalue weighted by Crippen LogP contribution is -2.45. The Bertz CT molecular complexity index is 541. The molecule has 1 aromatic carbocycles. The van der Waals surface area contributed by atoms with Gasteiger partial charge < -0.3 is 5.32 Å². The van der Waals surface area contributed by atoms with Crippen LogP contribution in [0.4, 0.5) is 0 Å². The maximum absolute atomic E-state index is 4.30. The van der Waals surface area contributed by atoms with Gasteiger partial charge in [0.15, 0.2) is 0 Å². The van der Waals surface area contributed by atoms with Crippen molar-refractivity contribution < 1.29 is 0 Å². The molecule has 4 heteroatoms. The van der Waals surface area contributed by atoms with E-state index in [1.54, 1.807) is 0 Å². The third kappa shape index (κ3) is 3.45. The molecule has 3 nitrogen and oxygen atoms in total. The lowest BCUT2D eigenvalue weighted by Gasteiger charge is -2.34. The second-order valence-electron chi connectivity index (χ2n) is 5.14. The molecule has 1 aliphatic heterocycles. The van der Waals surface area contributed by atoms with Crippen LogP contribution in [0.5, 0.6) is 0 Å². The van der Waals surface area contributed by atoms with E-state index in [2.05, 4.69) is 67.5 Å². The first-order chi connectivity index (χ1) is 9.81. The van der Waals surface area contributed by atoms with Crippen LogP contribution < -0.4 is 5.32 Å². The van der Waals surface area contributed by atoms with E-state index in [9.17, 15) is 0 Å². The molecule has 1 fully saturated rings. The van der Waals surface area contributed by atoms with Gasteiger partial charge in [0.1, 0.15) is 4.60 Å². The van der Waals surface area contributed by atoms with E-state index in [0.717, 1.165) is 30.8 Å². The van der Waals surface area contributed by atoms with Crippen LogP contribution in [0, 0.1) is 0 Å². The summed E-state index contributed by atoms with van der Waals surface area (Å²) in [5, 5.41) is 3.60. The van der Waals surface area contributed by atoms with Crippen LogP contribution >= 0.6 is 15.9 Å². The molecular formula is C16H18BrN3. The fourth-order valence-electron chi connectivity index (χ4n) is 2.62. The maximum Gasteiger partial charge on any atom is 0.106 e. The molecule has 1 aliphatic rings. The van der Waals surface area contributed by atoms with Crippen LogP contribution in [0.1, 0.15) is 17.2 Å². The molecule has 1 saturated heterocycles. The number of nitrogens with one attached hydrogen (secondary N) is 1. The first kappa shape index (κ1) is 13.7. The predicted octanol–water partition coefficient (Wildman–Crippen LogP) is 2.99. The summed E-state index contributed by atoms with van der Waals surface area (Å²) in [7, 11) is 0. The van der Waals surface area contributed by atoms with Gasteiger partial charge in [-0.15, -0.1) is 0 Å². The smallest absolute Gasteiger partial charge is 0.106 e. The minimum atomic E-state index is 0.424. The fraction of sp³-hybridized carbons (Fsp3) is 0.312. The van der Waals surface area contributed by atoms with Gasteiger partial charge in [0.2, 0.25) is 0 Å². The molecular weight excluding hydrogens is 314 g/mol. The van der Waals surface area contributed by atoms with Crippen LogP contribution in [-0.4, -0.2) is 29.5 Å². The summed E-state index contributed by atoms with van der Waals surface area (Å²) in [6.07, 6.45) is 1.95. The Morgan fingerprint density at radius 1 is 1.20 bits per heavy atom. The average Bonchev–Trinajstić information content (AvgIpc) is 2.51. The largest absolute Gasteiger partial charge is 0.308 e. The van der Waals surface area contributed by atoms with Gasteiger partial charge >= 0.3 is 0 Å². The van der Waals surface area contributed by atoms with E-state index in [4.69, 9.17) is 0 Å². The van der Waals surface area contributed by atoms with Gasteiger partial charge in [-0.05, 0) is 33.1 Å². The minimum Gasteiger partial charge on any atom is -0.308 e. The molecule has 0 bridgehead atoms. The summed E-state index contributed by atoms with van der Waals surface area (Å²) in [5.74, 6) is 0.